The van der Waals surface area contributed by atoms with Crippen molar-refractivity contribution >= 4 is 60.2 Å². The minimum absolute atomic E-state index is 0.214. The van der Waals surface area contributed by atoms with Crippen LogP contribution in [-0.2, 0) is 6.54 Å². The Hall–Kier alpha value is -1.24. The zero-order valence-electron chi connectivity index (χ0n) is 10.6. The number of nitrogens with one attached hydrogen (secondary N) is 3. The molecule has 3 N–H and O–H groups in total. The van der Waals surface area contributed by atoms with E-state index in [2.05, 4.69) is 47.1 Å². The monoisotopic (exact) mass is 429 g/mol. The van der Waals surface area contributed by atoms with Crippen LogP contribution in [0.4, 0.5) is 5.69 Å². The Balaban J connectivity index is 1.85. The molecule has 0 bridgehead atoms. The maximum atomic E-state index is 11.3. The molecule has 0 aliphatic carbocycles. The molecule has 4 nitrogen and oxygen atoms in total. The van der Waals surface area contributed by atoms with Gasteiger partial charge in [-0.15, -0.1) is 0 Å². The molecule has 0 unspecified atom stereocenters. The lowest BCUT2D eigenvalue weighted by atomic mass is 10.2. The largest absolute Gasteiger partial charge is 0.380 e. The second-order valence-corrected chi connectivity index (χ2v) is 6.67. The van der Waals surface area contributed by atoms with Gasteiger partial charge < -0.3 is 15.3 Å². The summed E-state index contributed by atoms with van der Waals surface area (Å²) in [6, 6.07) is 9.57. The Bertz CT molecular complexity index is 872. The quantitative estimate of drug-likeness (QED) is 0.566. The number of aromatic nitrogens is 2. The molecule has 0 atom stereocenters. The Labute approximate surface area is 142 Å². The third kappa shape index (κ3) is 3.17. The lowest BCUT2D eigenvalue weighted by molar-refractivity contribution is 1.15. The highest BCUT2D eigenvalue weighted by molar-refractivity contribution is 9.11. The number of imidazole rings is 1. The average molecular weight is 432 g/mol. The fraction of sp³-hybridized carbons (Fsp3) is 0.0714. The zero-order valence-corrected chi connectivity index (χ0v) is 14.6. The molecule has 0 aliphatic rings. The first-order chi connectivity index (χ1) is 10.0. The number of hydrogen-bond acceptors (Lipinski definition) is 2. The SMILES string of the molecule is O=c1[nH]c2cc(Br)c(NCc3ccc(Br)c(Cl)c3)cc2[nH]1. The van der Waals surface area contributed by atoms with Crippen molar-refractivity contribution in [3.8, 4) is 0 Å². The highest BCUT2D eigenvalue weighted by atomic mass is 79.9. The van der Waals surface area contributed by atoms with Gasteiger partial charge in [-0.2, -0.15) is 0 Å². The molecule has 1 heterocycles. The Morgan fingerprint density at radius 3 is 2.48 bits per heavy atom. The molecule has 2 aromatic carbocycles. The van der Waals surface area contributed by atoms with Gasteiger partial charge >= 0.3 is 5.69 Å². The summed E-state index contributed by atoms with van der Waals surface area (Å²) in [7, 11) is 0. The van der Waals surface area contributed by atoms with Crippen molar-refractivity contribution in [2.45, 2.75) is 6.54 Å². The highest BCUT2D eigenvalue weighted by Crippen LogP contribution is 2.28. The van der Waals surface area contributed by atoms with Crippen LogP contribution in [0.3, 0.4) is 0 Å². The van der Waals surface area contributed by atoms with E-state index in [-0.39, 0.29) is 5.69 Å². The van der Waals surface area contributed by atoms with Gasteiger partial charge in [0.1, 0.15) is 0 Å². The fourth-order valence-corrected chi connectivity index (χ4v) is 2.97. The van der Waals surface area contributed by atoms with E-state index < -0.39 is 0 Å². The minimum atomic E-state index is -0.214. The predicted molar refractivity (Wildman–Crippen MR) is 93.1 cm³/mol. The van der Waals surface area contributed by atoms with E-state index in [9.17, 15) is 4.79 Å². The molecular weight excluding hydrogens is 421 g/mol. The predicted octanol–water partition coefficient (Wildman–Crippen LogP) is 4.65. The third-order valence-corrected chi connectivity index (χ3v) is 4.96. The molecule has 21 heavy (non-hydrogen) atoms. The van der Waals surface area contributed by atoms with Crippen molar-refractivity contribution in [2.75, 3.05) is 5.32 Å². The normalized spacial score (nSPS) is 11.0. The topological polar surface area (TPSA) is 60.7 Å². The van der Waals surface area contributed by atoms with Crippen molar-refractivity contribution in [3.05, 3.63) is 60.3 Å². The van der Waals surface area contributed by atoms with E-state index in [1.54, 1.807) is 0 Å². The molecule has 0 fully saturated rings. The van der Waals surface area contributed by atoms with E-state index in [1.165, 1.54) is 0 Å². The maximum Gasteiger partial charge on any atom is 0.323 e. The number of aromatic amines is 2. The second-order valence-electron chi connectivity index (χ2n) is 4.56. The number of fused-ring (bicyclic) bond motifs is 1. The Kier molecular flexibility index (Phi) is 4.10. The maximum absolute atomic E-state index is 11.3. The first-order valence-electron chi connectivity index (χ1n) is 6.12. The van der Waals surface area contributed by atoms with E-state index in [1.807, 2.05) is 30.3 Å². The summed E-state index contributed by atoms with van der Waals surface area (Å²) in [5, 5.41) is 4.00. The second kappa shape index (κ2) is 5.87. The molecule has 1 aromatic heterocycles. The standard InChI is InChI=1S/C14H10Br2ClN3O/c15-8-2-1-7(3-10(8)17)6-18-11-5-13-12(4-9(11)16)19-14(21)20-13/h1-5,18H,6H2,(H2,19,20,21). The van der Waals surface area contributed by atoms with Crippen LogP contribution in [0.15, 0.2) is 44.1 Å². The molecule has 0 aliphatic heterocycles. The number of rotatable bonds is 3. The average Bonchev–Trinajstić information content (AvgIpc) is 2.79. The van der Waals surface area contributed by atoms with Crippen molar-refractivity contribution in [2.24, 2.45) is 0 Å². The molecule has 0 saturated heterocycles. The molecule has 0 saturated carbocycles. The summed E-state index contributed by atoms with van der Waals surface area (Å²) >= 11 is 12.9. The van der Waals surface area contributed by atoms with Crippen molar-refractivity contribution in [3.63, 3.8) is 0 Å². The molecule has 0 spiro atoms. The van der Waals surface area contributed by atoms with Crippen LogP contribution in [0.25, 0.3) is 11.0 Å². The molecule has 108 valence electrons. The van der Waals surface area contributed by atoms with Crippen LogP contribution in [0.1, 0.15) is 5.56 Å². The van der Waals surface area contributed by atoms with Gasteiger partial charge in [0.05, 0.1) is 21.7 Å². The van der Waals surface area contributed by atoms with Crippen LogP contribution < -0.4 is 11.0 Å². The van der Waals surface area contributed by atoms with Crippen molar-refractivity contribution in [1.82, 2.24) is 9.97 Å². The summed E-state index contributed by atoms with van der Waals surface area (Å²) in [6.45, 7) is 0.631. The fourth-order valence-electron chi connectivity index (χ4n) is 2.04. The number of benzene rings is 2. The van der Waals surface area contributed by atoms with E-state index in [0.717, 1.165) is 31.2 Å². The Morgan fingerprint density at radius 1 is 1.05 bits per heavy atom. The van der Waals surface area contributed by atoms with Crippen LogP contribution in [0, 0.1) is 0 Å². The van der Waals surface area contributed by atoms with Gasteiger partial charge in [0.25, 0.3) is 0 Å². The summed E-state index contributed by atoms with van der Waals surface area (Å²) in [5.41, 5.74) is 3.28. The van der Waals surface area contributed by atoms with Crippen molar-refractivity contribution < 1.29 is 0 Å². The number of anilines is 1. The molecule has 3 rings (SSSR count). The lowest BCUT2D eigenvalue weighted by Gasteiger charge is -2.09. The van der Waals surface area contributed by atoms with E-state index in [0.29, 0.717) is 11.6 Å². The smallest absolute Gasteiger partial charge is 0.323 e. The first-order valence-corrected chi connectivity index (χ1v) is 8.08. The highest BCUT2D eigenvalue weighted by Gasteiger charge is 2.06. The van der Waals surface area contributed by atoms with Gasteiger partial charge in [0.15, 0.2) is 0 Å². The van der Waals surface area contributed by atoms with Crippen LogP contribution in [0.2, 0.25) is 5.02 Å². The number of halogens is 3. The zero-order chi connectivity index (χ0) is 15.0. The van der Waals surface area contributed by atoms with Crippen LogP contribution in [-0.4, -0.2) is 9.97 Å². The summed E-state index contributed by atoms with van der Waals surface area (Å²) < 4.78 is 1.76. The minimum Gasteiger partial charge on any atom is -0.380 e. The van der Waals surface area contributed by atoms with Gasteiger partial charge in [-0.1, -0.05) is 17.7 Å². The van der Waals surface area contributed by atoms with E-state index in [4.69, 9.17) is 11.6 Å². The van der Waals surface area contributed by atoms with Crippen molar-refractivity contribution in [1.29, 1.82) is 0 Å². The van der Waals surface area contributed by atoms with Crippen LogP contribution in [0.5, 0.6) is 0 Å². The lowest BCUT2D eigenvalue weighted by Crippen LogP contribution is -2.00. The molecular formula is C14H10Br2ClN3O. The van der Waals surface area contributed by atoms with Gasteiger partial charge in [-0.05, 0) is 61.7 Å². The number of H-pyrrole nitrogens is 2. The first kappa shape index (κ1) is 14.7. The molecule has 7 heteroatoms. The molecule has 3 aromatic rings. The molecule has 0 amide bonds. The third-order valence-electron chi connectivity index (χ3n) is 3.07. The van der Waals surface area contributed by atoms with Crippen LogP contribution >= 0.6 is 43.5 Å². The van der Waals surface area contributed by atoms with Gasteiger partial charge in [-0.3, -0.25) is 0 Å². The van der Waals surface area contributed by atoms with E-state index >= 15 is 0 Å². The summed E-state index contributed by atoms with van der Waals surface area (Å²) in [5.74, 6) is 0. The van der Waals surface area contributed by atoms with Gasteiger partial charge in [0.2, 0.25) is 0 Å². The number of hydrogen-bond donors (Lipinski definition) is 3. The summed E-state index contributed by atoms with van der Waals surface area (Å²) in [4.78, 5) is 16.8. The van der Waals surface area contributed by atoms with Gasteiger partial charge in [0, 0.05) is 15.5 Å². The van der Waals surface area contributed by atoms with Gasteiger partial charge in [-0.25, -0.2) is 4.79 Å². The summed E-state index contributed by atoms with van der Waals surface area (Å²) in [6.07, 6.45) is 0. The Morgan fingerprint density at radius 2 is 1.76 bits per heavy atom. The molecule has 0 radical (unpaired) electrons.